The van der Waals surface area contributed by atoms with Crippen LogP contribution in [0.15, 0.2) is 79.0 Å². The van der Waals surface area contributed by atoms with Gasteiger partial charge in [-0.05, 0) is 23.3 Å². The molecule has 0 spiro atoms. The molecule has 1 aromatic heterocycles. The Hall–Kier alpha value is -4.53. The molecule has 0 fully saturated rings. The number of hydrogen-bond acceptors (Lipinski definition) is 5. The van der Waals surface area contributed by atoms with Gasteiger partial charge >= 0.3 is 11.9 Å². The Morgan fingerprint density at radius 2 is 1.15 bits per heavy atom. The molecule has 4 N–H and O–H groups in total. The maximum Gasteiger partial charge on any atom is 0.354 e. The summed E-state index contributed by atoms with van der Waals surface area (Å²) < 4.78 is 0. The molecule has 0 saturated heterocycles. The molecule has 0 aliphatic rings. The summed E-state index contributed by atoms with van der Waals surface area (Å²) in [7, 11) is 0. The van der Waals surface area contributed by atoms with Crippen molar-refractivity contribution in [3.8, 4) is 0 Å². The number of carboxylic acids is 2. The minimum Gasteiger partial charge on any atom is -0.478 e. The SMILES string of the molecule is CC(=O)NCc1ccccc1.CC(=O)NCc1ccccc1.O=C(O)c1ccnc(C(=O)O)c1. The minimum atomic E-state index is -1.24. The van der Waals surface area contributed by atoms with Crippen LogP contribution in [0.2, 0.25) is 0 Å². The first-order chi connectivity index (χ1) is 16.2. The number of hydrogen-bond donors (Lipinski definition) is 4. The minimum absolute atomic E-state index is 0.00820. The molecule has 0 aliphatic heterocycles. The molecule has 34 heavy (non-hydrogen) atoms. The molecule has 1 heterocycles. The van der Waals surface area contributed by atoms with E-state index in [9.17, 15) is 19.2 Å². The number of carboxylic acid groups (broad SMARTS) is 2. The van der Waals surface area contributed by atoms with Crippen molar-refractivity contribution >= 4 is 23.8 Å². The summed E-state index contributed by atoms with van der Waals surface area (Å²) in [6.07, 6.45) is 1.15. The molecule has 0 atom stereocenters. The fourth-order valence-corrected chi connectivity index (χ4v) is 2.33. The number of carbonyl (C=O) groups excluding carboxylic acids is 2. The number of rotatable bonds is 6. The van der Waals surface area contributed by atoms with Crippen molar-refractivity contribution in [1.82, 2.24) is 15.6 Å². The molecule has 0 bridgehead atoms. The number of aromatic nitrogens is 1. The highest BCUT2D eigenvalue weighted by Gasteiger charge is 2.08. The highest BCUT2D eigenvalue weighted by molar-refractivity contribution is 5.92. The smallest absolute Gasteiger partial charge is 0.354 e. The number of aromatic carboxylic acids is 2. The fraction of sp³-hybridized carbons (Fsp3) is 0.160. The average molecular weight is 466 g/mol. The maximum atomic E-state index is 10.5. The lowest BCUT2D eigenvalue weighted by Gasteiger charge is -2.00. The van der Waals surface area contributed by atoms with Crippen LogP contribution in [0.5, 0.6) is 0 Å². The lowest BCUT2D eigenvalue weighted by Crippen LogP contribution is -2.18. The monoisotopic (exact) mass is 465 g/mol. The second kappa shape index (κ2) is 15.3. The fourth-order valence-electron chi connectivity index (χ4n) is 2.33. The second-order valence-electron chi connectivity index (χ2n) is 6.83. The summed E-state index contributed by atoms with van der Waals surface area (Å²) in [5.74, 6) is -2.39. The van der Waals surface area contributed by atoms with Crippen LogP contribution in [0.3, 0.4) is 0 Å². The van der Waals surface area contributed by atoms with Gasteiger partial charge in [0.15, 0.2) is 0 Å². The third-order valence-corrected chi connectivity index (χ3v) is 3.99. The van der Waals surface area contributed by atoms with E-state index in [1.165, 1.54) is 19.9 Å². The van der Waals surface area contributed by atoms with Gasteiger partial charge in [-0.2, -0.15) is 0 Å². The van der Waals surface area contributed by atoms with Crippen LogP contribution in [0.4, 0.5) is 0 Å². The normalized spacial score (nSPS) is 9.24. The molecule has 2 aromatic carbocycles. The molecule has 0 saturated carbocycles. The zero-order chi connectivity index (χ0) is 25.3. The zero-order valence-corrected chi connectivity index (χ0v) is 18.9. The second-order valence-corrected chi connectivity index (χ2v) is 6.83. The van der Waals surface area contributed by atoms with Crippen molar-refractivity contribution in [2.45, 2.75) is 26.9 Å². The van der Waals surface area contributed by atoms with E-state index in [1.807, 2.05) is 60.7 Å². The van der Waals surface area contributed by atoms with Crippen LogP contribution in [-0.2, 0) is 22.7 Å². The number of benzene rings is 2. The lowest BCUT2D eigenvalue weighted by molar-refractivity contribution is -0.120. The Labute approximate surface area is 197 Å². The predicted octanol–water partition coefficient (Wildman–Crippen LogP) is 3.12. The molecule has 178 valence electrons. The largest absolute Gasteiger partial charge is 0.478 e. The van der Waals surface area contributed by atoms with E-state index in [0.29, 0.717) is 13.1 Å². The molecule has 9 nitrogen and oxygen atoms in total. The molecular formula is C25H27N3O6. The van der Waals surface area contributed by atoms with E-state index in [-0.39, 0.29) is 23.1 Å². The van der Waals surface area contributed by atoms with Gasteiger partial charge < -0.3 is 20.8 Å². The number of nitrogens with one attached hydrogen (secondary N) is 2. The highest BCUT2D eigenvalue weighted by Crippen LogP contribution is 2.01. The van der Waals surface area contributed by atoms with Crippen LogP contribution in [0, 0.1) is 0 Å². The maximum absolute atomic E-state index is 10.5. The van der Waals surface area contributed by atoms with Gasteiger partial charge in [0.1, 0.15) is 5.69 Å². The first-order valence-electron chi connectivity index (χ1n) is 10.2. The Morgan fingerprint density at radius 1 is 0.706 bits per heavy atom. The van der Waals surface area contributed by atoms with E-state index in [2.05, 4.69) is 15.6 Å². The highest BCUT2D eigenvalue weighted by atomic mass is 16.4. The van der Waals surface area contributed by atoms with Gasteiger partial charge in [-0.1, -0.05) is 60.7 Å². The number of amides is 2. The average Bonchev–Trinajstić information content (AvgIpc) is 2.83. The van der Waals surface area contributed by atoms with Crippen LogP contribution in [-0.4, -0.2) is 39.0 Å². The summed E-state index contributed by atoms with van der Waals surface area (Å²) in [6.45, 7) is 4.28. The van der Waals surface area contributed by atoms with Gasteiger partial charge in [-0.3, -0.25) is 9.59 Å². The van der Waals surface area contributed by atoms with Gasteiger partial charge in [0.25, 0.3) is 0 Å². The van der Waals surface area contributed by atoms with Crippen LogP contribution in [0.1, 0.15) is 45.8 Å². The van der Waals surface area contributed by atoms with E-state index >= 15 is 0 Å². The van der Waals surface area contributed by atoms with Crippen molar-refractivity contribution in [2.75, 3.05) is 0 Å². The molecule has 3 rings (SSSR count). The van der Waals surface area contributed by atoms with E-state index in [1.54, 1.807) is 0 Å². The Bertz CT molecular complexity index is 990. The molecule has 0 unspecified atom stereocenters. The molecule has 0 aliphatic carbocycles. The number of carbonyl (C=O) groups is 4. The number of pyridine rings is 1. The summed E-state index contributed by atoms with van der Waals surface area (Å²) in [4.78, 5) is 45.1. The van der Waals surface area contributed by atoms with Gasteiger partial charge in [0.2, 0.25) is 11.8 Å². The van der Waals surface area contributed by atoms with Crippen molar-refractivity contribution < 1.29 is 29.4 Å². The summed E-state index contributed by atoms with van der Waals surface area (Å²) >= 11 is 0. The molecular weight excluding hydrogens is 438 g/mol. The first kappa shape index (κ1) is 27.5. The van der Waals surface area contributed by atoms with Crippen molar-refractivity contribution in [1.29, 1.82) is 0 Å². The van der Waals surface area contributed by atoms with Crippen molar-refractivity contribution in [3.05, 3.63) is 101 Å². The van der Waals surface area contributed by atoms with Crippen molar-refractivity contribution in [3.63, 3.8) is 0 Å². The van der Waals surface area contributed by atoms with Gasteiger partial charge in [-0.25, -0.2) is 14.6 Å². The van der Waals surface area contributed by atoms with Crippen LogP contribution < -0.4 is 10.6 Å². The standard InChI is InChI=1S/2C9H11NO.C7H5NO4/c2*1-8(11)10-7-9-5-3-2-4-6-9;9-6(10)4-1-2-8-5(3-4)7(11)12/h2*2-6H,7H2,1H3,(H,10,11);1-3H,(H,9,10)(H,11,12). The summed E-state index contributed by atoms with van der Waals surface area (Å²) in [6, 6.07) is 21.9. The molecule has 2 amide bonds. The lowest BCUT2D eigenvalue weighted by atomic mass is 10.2. The Kier molecular flexibility index (Phi) is 12.4. The third-order valence-electron chi connectivity index (χ3n) is 3.99. The Morgan fingerprint density at radius 3 is 1.50 bits per heavy atom. The van der Waals surface area contributed by atoms with E-state index in [0.717, 1.165) is 23.4 Å². The van der Waals surface area contributed by atoms with Gasteiger partial charge in [0, 0.05) is 33.1 Å². The quantitative estimate of drug-likeness (QED) is 0.437. The third kappa shape index (κ3) is 12.4. The zero-order valence-electron chi connectivity index (χ0n) is 18.9. The predicted molar refractivity (Wildman–Crippen MR) is 126 cm³/mol. The summed E-state index contributed by atoms with van der Waals surface area (Å²) in [5.41, 5.74) is 1.91. The van der Waals surface area contributed by atoms with E-state index in [4.69, 9.17) is 10.2 Å². The first-order valence-corrected chi connectivity index (χ1v) is 10.2. The van der Waals surface area contributed by atoms with Crippen LogP contribution in [0.25, 0.3) is 0 Å². The molecule has 0 radical (unpaired) electrons. The van der Waals surface area contributed by atoms with Crippen LogP contribution >= 0.6 is 0 Å². The van der Waals surface area contributed by atoms with E-state index < -0.39 is 11.9 Å². The number of nitrogens with zero attached hydrogens (tertiary/aromatic N) is 1. The van der Waals surface area contributed by atoms with Gasteiger partial charge in [0.05, 0.1) is 5.56 Å². The van der Waals surface area contributed by atoms with Crippen molar-refractivity contribution in [2.24, 2.45) is 0 Å². The van der Waals surface area contributed by atoms with Gasteiger partial charge in [-0.15, -0.1) is 0 Å². The molecule has 9 heteroatoms. The molecule has 3 aromatic rings. The Balaban J connectivity index is 0.000000255. The topological polar surface area (TPSA) is 146 Å². The summed E-state index contributed by atoms with van der Waals surface area (Å²) in [5, 5.41) is 22.4.